The van der Waals surface area contributed by atoms with Crippen LogP contribution in [0.3, 0.4) is 0 Å². The van der Waals surface area contributed by atoms with Gasteiger partial charge in [0.05, 0.1) is 0 Å². The normalized spacial score (nSPS) is 23.7. The zero-order chi connectivity index (χ0) is 22.7. The van der Waals surface area contributed by atoms with E-state index in [2.05, 4.69) is 10.6 Å². The third-order valence-electron chi connectivity index (χ3n) is 5.57. The van der Waals surface area contributed by atoms with Crippen LogP contribution in [0.1, 0.15) is 49.9 Å². The Labute approximate surface area is 180 Å². The highest BCUT2D eigenvalue weighted by Gasteiger charge is 2.43. The lowest BCUT2D eigenvalue weighted by Gasteiger charge is -2.33. The summed E-state index contributed by atoms with van der Waals surface area (Å²) >= 11 is 0. The van der Waals surface area contributed by atoms with Gasteiger partial charge in [0.15, 0.2) is 6.17 Å². The lowest BCUT2D eigenvalue weighted by atomic mass is 9.92. The Hall–Kier alpha value is -2.75. The highest BCUT2D eigenvalue weighted by Crippen LogP contribution is 2.22. The summed E-state index contributed by atoms with van der Waals surface area (Å²) in [7, 11) is 0. The number of hydrogen-bond acceptors (Lipinski definition) is 4. The van der Waals surface area contributed by atoms with E-state index in [0.717, 1.165) is 25.0 Å². The third kappa shape index (κ3) is 5.49. The van der Waals surface area contributed by atoms with Crippen molar-refractivity contribution < 1.29 is 23.2 Å². The van der Waals surface area contributed by atoms with Crippen LogP contribution in [-0.4, -0.2) is 65.0 Å². The molecule has 0 spiro atoms. The number of halogens is 2. The minimum atomic E-state index is -1.21. The molecule has 1 saturated carbocycles. The van der Waals surface area contributed by atoms with Gasteiger partial charge in [0.2, 0.25) is 0 Å². The lowest BCUT2D eigenvalue weighted by Crippen LogP contribution is -2.58. The zero-order valence-electron chi connectivity index (χ0n) is 17.7. The van der Waals surface area contributed by atoms with E-state index in [1.165, 1.54) is 9.80 Å². The molecule has 2 aliphatic rings. The topological polar surface area (TPSA) is 108 Å². The summed E-state index contributed by atoms with van der Waals surface area (Å²) in [5.41, 5.74) is 5.70. The molecule has 170 valence electrons. The van der Waals surface area contributed by atoms with Crippen molar-refractivity contribution in [1.29, 1.82) is 0 Å². The first-order valence-corrected chi connectivity index (χ1v) is 10.6. The molecule has 31 heavy (non-hydrogen) atoms. The number of nitrogens with zero attached hydrogens (tertiary/aromatic N) is 2. The second kappa shape index (κ2) is 9.59. The number of urea groups is 1. The number of amides is 4. The summed E-state index contributed by atoms with van der Waals surface area (Å²) in [5, 5.41) is 5.65. The summed E-state index contributed by atoms with van der Waals surface area (Å²) in [4.78, 5) is 41.3. The fourth-order valence-electron chi connectivity index (χ4n) is 4.05. The Bertz CT molecular complexity index is 822. The fraction of sp³-hybridized carbons (Fsp3) is 0.571. The molecule has 10 heteroatoms. The Kier molecular flexibility index (Phi) is 7.09. The Morgan fingerprint density at radius 1 is 1.00 bits per heavy atom. The van der Waals surface area contributed by atoms with Crippen LogP contribution in [-0.2, 0) is 4.79 Å². The molecule has 4 N–H and O–H groups in total. The maximum atomic E-state index is 13.6. The first kappa shape index (κ1) is 22.9. The summed E-state index contributed by atoms with van der Waals surface area (Å²) in [6.45, 7) is 3.76. The van der Waals surface area contributed by atoms with Gasteiger partial charge in [0, 0.05) is 42.8 Å². The van der Waals surface area contributed by atoms with Gasteiger partial charge in [-0.05, 0) is 51.7 Å². The molecule has 1 aromatic rings. The van der Waals surface area contributed by atoms with E-state index in [1.54, 1.807) is 13.8 Å². The number of nitrogens with two attached hydrogens (primary N) is 1. The van der Waals surface area contributed by atoms with Crippen LogP contribution in [0.5, 0.6) is 0 Å². The van der Waals surface area contributed by atoms with E-state index < -0.39 is 35.6 Å². The quantitative estimate of drug-likeness (QED) is 0.664. The Morgan fingerprint density at radius 3 is 2.16 bits per heavy atom. The molecule has 0 aromatic heterocycles. The van der Waals surface area contributed by atoms with E-state index in [4.69, 9.17) is 5.73 Å². The van der Waals surface area contributed by atoms with E-state index >= 15 is 0 Å². The summed E-state index contributed by atoms with van der Waals surface area (Å²) in [5.74, 6) is -3.00. The van der Waals surface area contributed by atoms with Gasteiger partial charge >= 0.3 is 6.03 Å². The van der Waals surface area contributed by atoms with Gasteiger partial charge in [-0.1, -0.05) is 0 Å². The Balaban J connectivity index is 1.83. The number of carbonyl (C=O) groups is 3. The van der Waals surface area contributed by atoms with Crippen molar-refractivity contribution in [3.8, 4) is 0 Å². The van der Waals surface area contributed by atoms with Crippen LogP contribution in [0.4, 0.5) is 13.6 Å². The molecule has 4 amide bonds. The maximum Gasteiger partial charge on any atom is 0.319 e. The highest BCUT2D eigenvalue weighted by molar-refractivity contribution is 5.99. The number of hydrogen-bond donors (Lipinski definition) is 3. The fourth-order valence-corrected chi connectivity index (χ4v) is 4.05. The molecule has 2 fully saturated rings. The highest BCUT2D eigenvalue weighted by atomic mass is 19.1. The molecule has 1 aliphatic carbocycles. The predicted octanol–water partition coefficient (Wildman–Crippen LogP) is 1.55. The number of benzene rings is 1. The van der Waals surface area contributed by atoms with Gasteiger partial charge in [-0.25, -0.2) is 13.6 Å². The predicted molar refractivity (Wildman–Crippen MR) is 110 cm³/mol. The van der Waals surface area contributed by atoms with Crippen LogP contribution in [0.2, 0.25) is 0 Å². The van der Waals surface area contributed by atoms with Crippen LogP contribution >= 0.6 is 0 Å². The van der Waals surface area contributed by atoms with Gasteiger partial charge < -0.3 is 21.3 Å². The maximum absolute atomic E-state index is 13.6. The summed E-state index contributed by atoms with van der Waals surface area (Å²) in [6.07, 6.45) is 1.76. The van der Waals surface area contributed by atoms with E-state index in [9.17, 15) is 23.2 Å². The van der Waals surface area contributed by atoms with Crippen molar-refractivity contribution in [3.05, 3.63) is 35.4 Å². The van der Waals surface area contributed by atoms with Crippen LogP contribution in [0, 0.1) is 11.6 Å². The average molecular weight is 437 g/mol. The molecule has 1 heterocycles. The van der Waals surface area contributed by atoms with Crippen LogP contribution in [0.25, 0.3) is 0 Å². The molecule has 0 radical (unpaired) electrons. The average Bonchev–Trinajstić information content (AvgIpc) is 3.13. The summed E-state index contributed by atoms with van der Waals surface area (Å²) < 4.78 is 27.3. The van der Waals surface area contributed by atoms with Crippen molar-refractivity contribution in [1.82, 2.24) is 20.4 Å². The SMILES string of the molecule is CC(C)NC(=O)N1CCN(C(=O)c2cc(F)cc(F)c2)C1C(=O)NC1CCC(N)CC1. The summed E-state index contributed by atoms with van der Waals surface area (Å²) in [6, 6.07) is 1.85. The second-order valence-corrected chi connectivity index (χ2v) is 8.45. The Morgan fingerprint density at radius 2 is 1.58 bits per heavy atom. The molecule has 1 unspecified atom stereocenters. The molecule has 1 atom stereocenters. The first-order valence-electron chi connectivity index (χ1n) is 10.6. The standard InChI is InChI=1S/C21H29F2N5O3/c1-12(2)25-21(31)28-8-7-27(20(30)13-9-14(22)11-15(23)10-13)19(28)18(29)26-17-5-3-16(24)4-6-17/h9-12,16-17,19H,3-8,24H2,1-2H3,(H,25,31)(H,26,29). The van der Waals surface area contributed by atoms with Gasteiger partial charge in [-0.3, -0.25) is 14.5 Å². The number of rotatable bonds is 4. The van der Waals surface area contributed by atoms with Crippen molar-refractivity contribution >= 4 is 17.8 Å². The van der Waals surface area contributed by atoms with Crippen LogP contribution < -0.4 is 16.4 Å². The zero-order valence-corrected chi connectivity index (χ0v) is 17.7. The van der Waals surface area contributed by atoms with Crippen molar-refractivity contribution in [3.63, 3.8) is 0 Å². The van der Waals surface area contributed by atoms with Gasteiger partial charge in [0.25, 0.3) is 11.8 Å². The first-order chi connectivity index (χ1) is 14.7. The molecule has 3 rings (SSSR count). The minimum Gasteiger partial charge on any atom is -0.350 e. The molecule has 8 nitrogen and oxygen atoms in total. The largest absolute Gasteiger partial charge is 0.350 e. The van der Waals surface area contributed by atoms with E-state index in [0.29, 0.717) is 18.9 Å². The number of carbonyl (C=O) groups excluding carboxylic acids is 3. The second-order valence-electron chi connectivity index (χ2n) is 8.45. The lowest BCUT2D eigenvalue weighted by molar-refractivity contribution is -0.129. The minimum absolute atomic E-state index is 0.0656. The van der Waals surface area contributed by atoms with E-state index in [1.807, 2.05) is 0 Å². The van der Waals surface area contributed by atoms with Gasteiger partial charge in [0.1, 0.15) is 11.6 Å². The molecular weight excluding hydrogens is 408 g/mol. The molecular formula is C21H29F2N5O3. The van der Waals surface area contributed by atoms with Gasteiger partial charge in [-0.15, -0.1) is 0 Å². The molecule has 1 aromatic carbocycles. The van der Waals surface area contributed by atoms with Crippen molar-refractivity contribution in [2.24, 2.45) is 5.73 Å². The third-order valence-corrected chi connectivity index (χ3v) is 5.57. The molecule has 0 bridgehead atoms. The van der Waals surface area contributed by atoms with Crippen LogP contribution in [0.15, 0.2) is 18.2 Å². The monoisotopic (exact) mass is 437 g/mol. The molecule has 1 saturated heterocycles. The molecule has 1 aliphatic heterocycles. The van der Waals surface area contributed by atoms with E-state index in [-0.39, 0.29) is 36.8 Å². The number of nitrogens with one attached hydrogen (secondary N) is 2. The smallest absolute Gasteiger partial charge is 0.319 e. The van der Waals surface area contributed by atoms with Crippen molar-refractivity contribution in [2.75, 3.05) is 13.1 Å². The van der Waals surface area contributed by atoms with Crippen molar-refractivity contribution in [2.45, 2.75) is 63.8 Å². The van der Waals surface area contributed by atoms with Gasteiger partial charge in [-0.2, -0.15) is 0 Å².